The van der Waals surface area contributed by atoms with Crippen molar-refractivity contribution in [2.75, 3.05) is 9.80 Å². The van der Waals surface area contributed by atoms with Gasteiger partial charge < -0.3 is 18.6 Å². The predicted octanol–water partition coefficient (Wildman–Crippen LogP) is 21.5. The molecule has 0 amide bonds. The molecule has 2 aromatic heterocycles. The van der Waals surface area contributed by atoms with Crippen LogP contribution in [0.3, 0.4) is 0 Å². The first-order valence-corrected chi connectivity index (χ1v) is 26.8. The Morgan fingerprint density at radius 2 is 0.615 bits per heavy atom. The van der Waals surface area contributed by atoms with E-state index < -0.39 is 0 Å². The molecule has 0 unspecified atom stereocenters. The fourth-order valence-corrected chi connectivity index (χ4v) is 11.2. The molecule has 0 N–H and O–H groups in total. The number of hydrogen-bond acceptors (Lipinski definition) is 4. The minimum Gasteiger partial charge on any atom is -0.456 e. The summed E-state index contributed by atoms with van der Waals surface area (Å²) in [5.74, 6) is 1.67. The molecule has 0 bridgehead atoms. The minimum absolute atomic E-state index is 0.00851. The quantitative estimate of drug-likeness (QED) is 0.137. The largest absolute Gasteiger partial charge is 0.456 e. The molecular weight excluding hydrogens is 949 g/mol. The molecular formula is C74H54N2O2. The highest BCUT2D eigenvalue weighted by atomic mass is 16.3. The third kappa shape index (κ3) is 8.64. The van der Waals surface area contributed by atoms with Gasteiger partial charge in [-0.25, -0.2) is 0 Å². The second-order valence-electron chi connectivity index (χ2n) is 21.4. The summed E-state index contributed by atoms with van der Waals surface area (Å²) in [5, 5.41) is 9.00. The Kier molecular flexibility index (Phi) is 11.4. The second-order valence-corrected chi connectivity index (χ2v) is 21.4. The van der Waals surface area contributed by atoms with Crippen molar-refractivity contribution in [3.8, 4) is 44.9 Å². The van der Waals surface area contributed by atoms with Gasteiger partial charge in [0.15, 0.2) is 0 Å². The molecule has 14 rings (SSSR count). The van der Waals surface area contributed by atoms with Crippen molar-refractivity contribution in [2.24, 2.45) is 0 Å². The second kappa shape index (κ2) is 19.0. The summed E-state index contributed by atoms with van der Waals surface area (Å²) in [6.45, 7) is 6.81. The molecule has 0 spiro atoms. The van der Waals surface area contributed by atoms with E-state index in [4.69, 9.17) is 8.83 Å². The first-order valence-electron chi connectivity index (χ1n) is 26.8. The fraction of sp³-hybridized carbons (Fsp3) is 0.0541. The summed E-state index contributed by atoms with van der Waals surface area (Å²) in [5.41, 5.74) is 16.5. The van der Waals surface area contributed by atoms with Gasteiger partial charge in [0, 0.05) is 56.0 Å². The van der Waals surface area contributed by atoms with E-state index in [2.05, 4.69) is 304 Å². The van der Waals surface area contributed by atoms with E-state index >= 15 is 0 Å². The Bertz CT molecular complexity index is 4510. The van der Waals surface area contributed by atoms with E-state index in [1.54, 1.807) is 0 Å². The molecule has 12 aromatic carbocycles. The van der Waals surface area contributed by atoms with Crippen LogP contribution in [-0.2, 0) is 5.41 Å². The SMILES string of the molecule is CC(C)(C)c1cccc(N(c2ccc(-c3ccccc3)cc2)c2ccc3cc(-c4cc5c(ccc6c7cc(-c8ccc9cc(N(c%10ccccc%10)c%10ccc(-c%11ccccc%11)cc%10)ccc9c8)oc7ccc56)o4)ccc3c2)c1. The summed E-state index contributed by atoms with van der Waals surface area (Å²) in [6, 6.07) is 98.0. The van der Waals surface area contributed by atoms with Crippen molar-refractivity contribution < 1.29 is 8.83 Å². The molecule has 0 aliphatic carbocycles. The van der Waals surface area contributed by atoms with Gasteiger partial charge in [-0.05, 0) is 187 Å². The van der Waals surface area contributed by atoms with Crippen molar-refractivity contribution >= 4 is 88.4 Å². The van der Waals surface area contributed by atoms with E-state index in [0.29, 0.717) is 0 Å². The highest BCUT2D eigenvalue weighted by Crippen LogP contribution is 2.43. The molecule has 78 heavy (non-hydrogen) atoms. The van der Waals surface area contributed by atoms with Gasteiger partial charge >= 0.3 is 0 Å². The third-order valence-electron chi connectivity index (χ3n) is 15.4. The van der Waals surface area contributed by atoms with Gasteiger partial charge in [-0.1, -0.05) is 172 Å². The number of hydrogen-bond donors (Lipinski definition) is 0. The highest BCUT2D eigenvalue weighted by molar-refractivity contribution is 6.17. The number of rotatable bonds is 10. The van der Waals surface area contributed by atoms with Crippen LogP contribution >= 0.6 is 0 Å². The molecule has 4 nitrogen and oxygen atoms in total. The zero-order valence-corrected chi connectivity index (χ0v) is 43.7. The summed E-state index contributed by atoms with van der Waals surface area (Å²) >= 11 is 0. The van der Waals surface area contributed by atoms with Crippen molar-refractivity contribution in [1.82, 2.24) is 0 Å². The number of benzene rings is 12. The highest BCUT2D eigenvalue weighted by Gasteiger charge is 2.21. The minimum atomic E-state index is 0.00851. The van der Waals surface area contributed by atoms with E-state index in [-0.39, 0.29) is 5.41 Å². The Hall–Kier alpha value is -9.90. The maximum Gasteiger partial charge on any atom is 0.135 e. The number of anilines is 6. The van der Waals surface area contributed by atoms with Crippen LogP contribution in [-0.4, -0.2) is 0 Å². The first-order chi connectivity index (χ1) is 38.2. The van der Waals surface area contributed by atoms with Crippen molar-refractivity contribution in [3.63, 3.8) is 0 Å². The molecule has 0 saturated heterocycles. The molecule has 372 valence electrons. The van der Waals surface area contributed by atoms with E-state index in [0.717, 1.165) is 111 Å². The topological polar surface area (TPSA) is 32.8 Å². The predicted molar refractivity (Wildman–Crippen MR) is 328 cm³/mol. The standard InChI is InChI=1S/C74H54N2O2/c1-74(2,3)59-18-13-21-63(46-59)76(62-34-28-52(29-35-62)50-16-9-5-10-17-50)65-37-31-54-43-58(25-23-56(54)45-65)73-48-69-67-38-40-70-68(66(67)39-41-71(69)78-73)47-72(77-70)57-24-22-55-44-64(36-30-53(55)42-57)75(60-19-11-6-12-20-60)61-32-26-51(27-33-61)49-14-7-4-8-15-49/h4-48H,1-3H3. The smallest absolute Gasteiger partial charge is 0.135 e. The number of furan rings is 2. The average Bonchev–Trinajstić information content (AvgIpc) is 4.23. The van der Waals surface area contributed by atoms with Crippen molar-refractivity contribution in [3.05, 3.63) is 279 Å². The molecule has 4 heteroatoms. The molecule has 0 radical (unpaired) electrons. The van der Waals surface area contributed by atoms with Gasteiger partial charge in [0.2, 0.25) is 0 Å². The van der Waals surface area contributed by atoms with Gasteiger partial charge in [0.05, 0.1) is 0 Å². The van der Waals surface area contributed by atoms with Gasteiger partial charge in [-0.3, -0.25) is 0 Å². The van der Waals surface area contributed by atoms with Crippen LogP contribution in [0.15, 0.2) is 282 Å². The summed E-state index contributed by atoms with van der Waals surface area (Å²) < 4.78 is 13.3. The van der Waals surface area contributed by atoms with E-state index in [9.17, 15) is 0 Å². The zero-order valence-electron chi connectivity index (χ0n) is 43.7. The maximum atomic E-state index is 6.66. The van der Waals surface area contributed by atoms with E-state index in [1.165, 1.54) is 27.8 Å². The molecule has 14 aromatic rings. The van der Waals surface area contributed by atoms with Crippen LogP contribution in [0.25, 0.3) is 99.2 Å². The van der Waals surface area contributed by atoms with Gasteiger partial charge in [0.1, 0.15) is 22.7 Å². The van der Waals surface area contributed by atoms with Crippen LogP contribution in [0, 0.1) is 0 Å². The molecule has 0 fully saturated rings. The molecule has 0 atom stereocenters. The summed E-state index contributed by atoms with van der Waals surface area (Å²) in [7, 11) is 0. The van der Waals surface area contributed by atoms with Crippen LogP contribution in [0.5, 0.6) is 0 Å². The fourth-order valence-electron chi connectivity index (χ4n) is 11.2. The van der Waals surface area contributed by atoms with Crippen LogP contribution in [0.1, 0.15) is 26.3 Å². The lowest BCUT2D eigenvalue weighted by atomic mass is 9.87. The molecule has 0 aliphatic rings. The van der Waals surface area contributed by atoms with Gasteiger partial charge in [-0.2, -0.15) is 0 Å². The van der Waals surface area contributed by atoms with E-state index in [1.807, 2.05) is 0 Å². The monoisotopic (exact) mass is 1000 g/mol. The molecule has 0 saturated carbocycles. The van der Waals surface area contributed by atoms with Gasteiger partial charge in [-0.15, -0.1) is 0 Å². The van der Waals surface area contributed by atoms with Crippen LogP contribution in [0.2, 0.25) is 0 Å². The lowest BCUT2D eigenvalue weighted by molar-refractivity contribution is 0.590. The maximum absolute atomic E-state index is 6.66. The molecule has 2 heterocycles. The Balaban J connectivity index is 0.756. The molecule has 0 aliphatic heterocycles. The lowest BCUT2D eigenvalue weighted by Gasteiger charge is -2.28. The summed E-state index contributed by atoms with van der Waals surface area (Å²) in [4.78, 5) is 4.69. The van der Waals surface area contributed by atoms with Crippen molar-refractivity contribution in [1.29, 1.82) is 0 Å². The number of nitrogens with zero attached hydrogens (tertiary/aromatic N) is 2. The normalized spacial score (nSPS) is 11.8. The third-order valence-corrected chi connectivity index (χ3v) is 15.4. The Morgan fingerprint density at radius 1 is 0.256 bits per heavy atom. The zero-order chi connectivity index (χ0) is 52.3. The summed E-state index contributed by atoms with van der Waals surface area (Å²) in [6.07, 6.45) is 0. The Labute approximate surface area is 454 Å². The average molecular weight is 1000 g/mol. The van der Waals surface area contributed by atoms with Gasteiger partial charge in [0.25, 0.3) is 0 Å². The van der Waals surface area contributed by atoms with Crippen LogP contribution in [0.4, 0.5) is 34.1 Å². The van der Waals surface area contributed by atoms with Crippen molar-refractivity contribution in [2.45, 2.75) is 26.2 Å². The Morgan fingerprint density at radius 3 is 1.09 bits per heavy atom. The number of para-hydroxylation sites is 1. The first kappa shape index (κ1) is 46.6. The number of fused-ring (bicyclic) bond motifs is 7. The van der Waals surface area contributed by atoms with Crippen LogP contribution < -0.4 is 9.80 Å². The lowest BCUT2D eigenvalue weighted by Crippen LogP contribution is -2.14.